The molecule has 4 nitrogen and oxygen atoms in total. The normalized spacial score (nSPS) is 31.4. The Morgan fingerprint density at radius 1 is 1.56 bits per heavy atom. The molecular formula is C11H18BrNO3. The monoisotopic (exact) mass is 291 g/mol. The summed E-state index contributed by atoms with van der Waals surface area (Å²) in [6.07, 6.45) is 3.98. The van der Waals surface area contributed by atoms with Crippen LogP contribution in [0.3, 0.4) is 0 Å². The first-order valence-corrected chi connectivity index (χ1v) is 6.71. The van der Waals surface area contributed by atoms with Crippen LogP contribution in [0.5, 0.6) is 0 Å². The molecule has 3 atom stereocenters. The van der Waals surface area contributed by atoms with Crippen LogP contribution in [0, 0.1) is 5.92 Å². The highest BCUT2D eigenvalue weighted by Gasteiger charge is 2.40. The fourth-order valence-electron chi connectivity index (χ4n) is 2.19. The lowest BCUT2D eigenvalue weighted by atomic mass is 10.1. The summed E-state index contributed by atoms with van der Waals surface area (Å²) in [6, 6.07) is 0.400. The van der Waals surface area contributed by atoms with Gasteiger partial charge >= 0.3 is 5.97 Å². The summed E-state index contributed by atoms with van der Waals surface area (Å²) in [7, 11) is 1.41. The molecule has 2 aliphatic rings. The second-order valence-electron chi connectivity index (χ2n) is 4.47. The summed E-state index contributed by atoms with van der Waals surface area (Å²) >= 11 is 3.31. The molecule has 0 spiro atoms. The van der Waals surface area contributed by atoms with Crippen molar-refractivity contribution in [2.45, 2.75) is 36.2 Å². The Labute approximate surface area is 104 Å². The number of esters is 1. The van der Waals surface area contributed by atoms with Crippen molar-refractivity contribution in [2.24, 2.45) is 5.92 Å². The number of rotatable bonds is 5. The average Bonchev–Trinajstić information content (AvgIpc) is 3.04. The minimum absolute atomic E-state index is 0.227. The van der Waals surface area contributed by atoms with Gasteiger partial charge in [-0.3, -0.25) is 4.79 Å². The van der Waals surface area contributed by atoms with Gasteiger partial charge in [-0.1, -0.05) is 15.9 Å². The summed E-state index contributed by atoms with van der Waals surface area (Å²) in [4.78, 5) is 10.9. The van der Waals surface area contributed by atoms with Crippen LogP contribution in [0.4, 0.5) is 0 Å². The van der Waals surface area contributed by atoms with E-state index in [4.69, 9.17) is 4.74 Å². The third kappa shape index (κ3) is 2.96. The van der Waals surface area contributed by atoms with Gasteiger partial charge in [0, 0.05) is 19.2 Å². The number of carbonyl (C=O) groups is 1. The molecule has 3 unspecified atom stereocenters. The van der Waals surface area contributed by atoms with Crippen LogP contribution in [0.15, 0.2) is 0 Å². The van der Waals surface area contributed by atoms with Crippen LogP contribution in [0.25, 0.3) is 0 Å². The molecule has 92 valence electrons. The second-order valence-corrected chi connectivity index (χ2v) is 5.57. The Morgan fingerprint density at radius 3 is 2.94 bits per heavy atom. The summed E-state index contributed by atoms with van der Waals surface area (Å²) in [5, 5.41) is 3.40. The number of nitrogens with one attached hydrogen (secondary N) is 1. The molecule has 2 rings (SSSR count). The Hall–Kier alpha value is -0.130. The Balaban J connectivity index is 1.74. The molecule has 1 aliphatic carbocycles. The van der Waals surface area contributed by atoms with E-state index in [9.17, 15) is 4.79 Å². The maximum Gasteiger partial charge on any atom is 0.320 e. The van der Waals surface area contributed by atoms with E-state index in [-0.39, 0.29) is 10.8 Å². The number of halogens is 1. The summed E-state index contributed by atoms with van der Waals surface area (Å²) in [6.45, 7) is 1.44. The van der Waals surface area contributed by atoms with Gasteiger partial charge in [0.2, 0.25) is 0 Å². The molecule has 1 aliphatic heterocycles. The lowest BCUT2D eigenvalue weighted by molar-refractivity contribution is -0.139. The molecule has 0 aromatic rings. The van der Waals surface area contributed by atoms with Gasteiger partial charge < -0.3 is 14.8 Å². The lowest BCUT2D eigenvalue weighted by Crippen LogP contribution is -2.42. The molecule has 0 radical (unpaired) electrons. The zero-order valence-corrected chi connectivity index (χ0v) is 11.0. The Kier molecular flexibility index (Phi) is 4.21. The highest BCUT2D eigenvalue weighted by atomic mass is 79.9. The molecule has 0 aromatic heterocycles. The average molecular weight is 292 g/mol. The van der Waals surface area contributed by atoms with Crippen LogP contribution in [-0.4, -0.2) is 43.2 Å². The van der Waals surface area contributed by atoms with Crippen LogP contribution in [0.2, 0.25) is 0 Å². The van der Waals surface area contributed by atoms with Crippen molar-refractivity contribution in [3.63, 3.8) is 0 Å². The number of methoxy groups -OCH3 is 1. The third-order valence-corrected chi connectivity index (χ3v) is 3.94. The molecular weight excluding hydrogens is 274 g/mol. The standard InChI is InChI=1S/C11H18BrNO3/c1-15-11(14)8(12)6-13-9-4-5-16-10(9)7-2-3-7/h7-10,13H,2-6H2,1H3. The topological polar surface area (TPSA) is 47.6 Å². The van der Waals surface area contributed by atoms with Gasteiger partial charge in [-0.15, -0.1) is 0 Å². The van der Waals surface area contributed by atoms with Gasteiger partial charge in [0.25, 0.3) is 0 Å². The number of ether oxygens (including phenoxy) is 2. The SMILES string of the molecule is COC(=O)C(Br)CNC1CCOC1C1CC1. The first kappa shape index (κ1) is 12.3. The molecule has 0 amide bonds. The first-order valence-electron chi connectivity index (χ1n) is 5.79. The zero-order valence-electron chi connectivity index (χ0n) is 9.45. The molecule has 16 heavy (non-hydrogen) atoms. The molecule has 1 N–H and O–H groups in total. The highest BCUT2D eigenvalue weighted by Crippen LogP contribution is 2.38. The van der Waals surface area contributed by atoms with Crippen molar-refractivity contribution in [1.82, 2.24) is 5.32 Å². The lowest BCUT2D eigenvalue weighted by Gasteiger charge is -2.20. The van der Waals surface area contributed by atoms with Gasteiger partial charge in [0.1, 0.15) is 4.83 Å². The molecule has 1 saturated heterocycles. The van der Waals surface area contributed by atoms with Crippen LogP contribution >= 0.6 is 15.9 Å². The smallest absolute Gasteiger partial charge is 0.320 e. The van der Waals surface area contributed by atoms with Gasteiger partial charge in [-0.25, -0.2) is 0 Å². The molecule has 2 fully saturated rings. The van der Waals surface area contributed by atoms with Crippen molar-refractivity contribution in [3.8, 4) is 0 Å². The zero-order chi connectivity index (χ0) is 11.5. The second kappa shape index (κ2) is 5.47. The summed E-state index contributed by atoms with van der Waals surface area (Å²) in [5.41, 5.74) is 0. The predicted molar refractivity (Wildman–Crippen MR) is 63.6 cm³/mol. The van der Waals surface area contributed by atoms with Gasteiger partial charge in [0.15, 0.2) is 0 Å². The van der Waals surface area contributed by atoms with Crippen LogP contribution < -0.4 is 5.32 Å². The number of hydrogen-bond donors (Lipinski definition) is 1. The molecule has 1 heterocycles. The van der Waals surface area contributed by atoms with Crippen molar-refractivity contribution in [1.29, 1.82) is 0 Å². The third-order valence-electron chi connectivity index (χ3n) is 3.24. The number of alkyl halides is 1. The van der Waals surface area contributed by atoms with E-state index < -0.39 is 0 Å². The van der Waals surface area contributed by atoms with Crippen molar-refractivity contribution in [3.05, 3.63) is 0 Å². The van der Waals surface area contributed by atoms with Gasteiger partial charge in [-0.2, -0.15) is 0 Å². The summed E-state index contributed by atoms with van der Waals surface area (Å²) < 4.78 is 10.4. The van der Waals surface area contributed by atoms with Crippen LogP contribution in [0.1, 0.15) is 19.3 Å². The molecule has 5 heteroatoms. The maximum absolute atomic E-state index is 11.2. The van der Waals surface area contributed by atoms with Gasteiger partial charge in [0.05, 0.1) is 13.2 Å². The molecule has 1 saturated carbocycles. The van der Waals surface area contributed by atoms with E-state index in [1.807, 2.05) is 0 Å². The van der Waals surface area contributed by atoms with Crippen molar-refractivity contribution >= 4 is 21.9 Å². The quantitative estimate of drug-likeness (QED) is 0.608. The fraction of sp³-hybridized carbons (Fsp3) is 0.909. The first-order chi connectivity index (χ1) is 7.72. The largest absolute Gasteiger partial charge is 0.468 e. The minimum atomic E-state index is -0.266. The molecule has 0 bridgehead atoms. The Bertz CT molecular complexity index is 258. The van der Waals surface area contributed by atoms with E-state index >= 15 is 0 Å². The van der Waals surface area contributed by atoms with Crippen molar-refractivity contribution < 1.29 is 14.3 Å². The Morgan fingerprint density at radius 2 is 2.31 bits per heavy atom. The van der Waals surface area contributed by atoms with E-state index in [0.29, 0.717) is 18.7 Å². The fourth-order valence-corrected chi connectivity index (χ4v) is 2.56. The predicted octanol–water partition coefficient (Wildman–Crippen LogP) is 1.08. The highest BCUT2D eigenvalue weighted by molar-refractivity contribution is 9.10. The van der Waals surface area contributed by atoms with E-state index in [1.54, 1.807) is 0 Å². The van der Waals surface area contributed by atoms with E-state index in [0.717, 1.165) is 18.9 Å². The number of carbonyl (C=O) groups excluding carboxylic acids is 1. The van der Waals surface area contributed by atoms with E-state index in [2.05, 4.69) is 26.0 Å². The number of hydrogen-bond acceptors (Lipinski definition) is 4. The van der Waals surface area contributed by atoms with Crippen LogP contribution in [-0.2, 0) is 14.3 Å². The minimum Gasteiger partial charge on any atom is -0.468 e. The summed E-state index contributed by atoms with van der Waals surface area (Å²) in [5.74, 6) is 0.515. The maximum atomic E-state index is 11.2. The van der Waals surface area contributed by atoms with Crippen molar-refractivity contribution in [2.75, 3.05) is 20.3 Å². The van der Waals surface area contributed by atoms with Gasteiger partial charge in [-0.05, 0) is 25.2 Å². The molecule has 0 aromatic carbocycles. The van der Waals surface area contributed by atoms with E-state index in [1.165, 1.54) is 20.0 Å².